The van der Waals surface area contributed by atoms with Crippen LogP contribution < -0.4 is 10.1 Å². The van der Waals surface area contributed by atoms with Crippen LogP contribution in [0.25, 0.3) is 0 Å². The van der Waals surface area contributed by atoms with E-state index in [0.29, 0.717) is 36.4 Å². The highest BCUT2D eigenvalue weighted by molar-refractivity contribution is 5.91. The Morgan fingerprint density at radius 1 is 1.26 bits per heavy atom. The average molecular weight is 371 g/mol. The first kappa shape index (κ1) is 18.1. The normalized spacial score (nSPS) is 25.6. The van der Waals surface area contributed by atoms with Gasteiger partial charge < -0.3 is 19.9 Å². The van der Waals surface area contributed by atoms with E-state index in [1.165, 1.54) is 0 Å². The van der Waals surface area contributed by atoms with Gasteiger partial charge in [-0.2, -0.15) is 0 Å². The number of carbonyl (C=O) groups is 2. The highest BCUT2D eigenvalue weighted by Gasteiger charge is 2.46. The van der Waals surface area contributed by atoms with Gasteiger partial charge in [0, 0.05) is 37.5 Å². The Labute approximate surface area is 160 Å². The quantitative estimate of drug-likeness (QED) is 0.881. The summed E-state index contributed by atoms with van der Waals surface area (Å²) in [6, 6.07) is 7.93. The zero-order valence-electron chi connectivity index (χ0n) is 16.1. The number of carbonyl (C=O) groups excluding carboxylic acids is 2. The van der Waals surface area contributed by atoms with E-state index in [9.17, 15) is 9.59 Å². The van der Waals surface area contributed by atoms with Crippen LogP contribution in [0.15, 0.2) is 24.3 Å². The van der Waals surface area contributed by atoms with Crippen molar-refractivity contribution in [3.63, 3.8) is 0 Å². The molecule has 1 aliphatic carbocycles. The Kier molecular flexibility index (Phi) is 4.98. The van der Waals surface area contributed by atoms with Crippen molar-refractivity contribution >= 4 is 17.6 Å². The topological polar surface area (TPSA) is 61.9 Å². The van der Waals surface area contributed by atoms with Crippen molar-refractivity contribution in [2.24, 2.45) is 5.41 Å². The molecule has 1 spiro atoms. The minimum atomic E-state index is -0.0731. The first-order chi connectivity index (χ1) is 13.1. The smallest absolute Gasteiger partial charge is 0.321 e. The molecule has 1 atom stereocenters. The first-order valence-electron chi connectivity index (χ1n) is 10.2. The summed E-state index contributed by atoms with van der Waals surface area (Å²) in [6.45, 7) is 4.80. The van der Waals surface area contributed by atoms with Crippen molar-refractivity contribution in [3.05, 3.63) is 24.3 Å². The molecule has 0 aromatic heterocycles. The molecule has 3 amide bonds. The van der Waals surface area contributed by atoms with Gasteiger partial charge in [0.05, 0.1) is 12.3 Å². The van der Waals surface area contributed by atoms with Gasteiger partial charge >= 0.3 is 6.03 Å². The molecule has 1 aromatic rings. The van der Waals surface area contributed by atoms with E-state index >= 15 is 0 Å². The second-order valence-corrected chi connectivity index (χ2v) is 8.14. The molecule has 3 fully saturated rings. The molecule has 6 nitrogen and oxygen atoms in total. The molecule has 27 heavy (non-hydrogen) atoms. The average Bonchev–Trinajstić information content (AvgIpc) is 3.51. The molecule has 1 aromatic carbocycles. The van der Waals surface area contributed by atoms with E-state index in [1.807, 2.05) is 36.1 Å². The number of likely N-dealkylation sites (tertiary alicyclic amines) is 2. The third-order valence-corrected chi connectivity index (χ3v) is 6.06. The summed E-state index contributed by atoms with van der Waals surface area (Å²) in [7, 11) is 0. The van der Waals surface area contributed by atoms with E-state index in [0.717, 1.165) is 51.7 Å². The summed E-state index contributed by atoms with van der Waals surface area (Å²) < 4.78 is 5.62. The molecule has 146 valence electrons. The molecule has 1 N–H and O–H groups in total. The zero-order valence-corrected chi connectivity index (χ0v) is 16.1. The Hall–Kier alpha value is -2.24. The second kappa shape index (κ2) is 7.41. The summed E-state index contributed by atoms with van der Waals surface area (Å²) in [5.41, 5.74) is 0.772. The Bertz CT molecular complexity index is 718. The fourth-order valence-electron chi connectivity index (χ4n) is 4.52. The van der Waals surface area contributed by atoms with E-state index in [1.54, 1.807) is 0 Å². The standard InChI is InChI=1S/C21H29N3O3/c1-2-27-18-7-4-3-6-17(18)22-20(26)23-13-5-11-21(14-23)12-10-19(25)24(15-21)16-8-9-16/h3-4,6-7,16H,2,5,8-15H2,1H3,(H,22,26). The molecular weight excluding hydrogens is 342 g/mol. The van der Waals surface area contributed by atoms with E-state index in [2.05, 4.69) is 10.2 Å². The molecule has 2 aliphatic heterocycles. The summed E-state index contributed by atoms with van der Waals surface area (Å²) in [5.74, 6) is 0.999. The molecule has 4 rings (SSSR count). The number of nitrogens with zero attached hydrogens (tertiary/aromatic N) is 2. The Morgan fingerprint density at radius 2 is 2.07 bits per heavy atom. The van der Waals surface area contributed by atoms with Crippen LogP contribution in [0.5, 0.6) is 5.75 Å². The molecular formula is C21H29N3O3. The number of nitrogens with one attached hydrogen (secondary N) is 1. The van der Waals surface area contributed by atoms with Crippen LogP contribution in [0.3, 0.4) is 0 Å². The maximum Gasteiger partial charge on any atom is 0.321 e. The molecule has 2 saturated heterocycles. The van der Waals surface area contributed by atoms with Crippen molar-refractivity contribution in [2.75, 3.05) is 31.6 Å². The molecule has 2 heterocycles. The molecule has 3 aliphatic rings. The Morgan fingerprint density at radius 3 is 2.85 bits per heavy atom. The van der Waals surface area contributed by atoms with Crippen molar-refractivity contribution in [1.82, 2.24) is 9.80 Å². The summed E-state index contributed by atoms with van der Waals surface area (Å²) >= 11 is 0. The van der Waals surface area contributed by atoms with Crippen molar-refractivity contribution in [1.29, 1.82) is 0 Å². The lowest BCUT2D eigenvalue weighted by Crippen LogP contribution is -2.56. The fourth-order valence-corrected chi connectivity index (χ4v) is 4.52. The van der Waals surface area contributed by atoms with Gasteiger partial charge in [0.25, 0.3) is 0 Å². The largest absolute Gasteiger partial charge is 0.492 e. The van der Waals surface area contributed by atoms with E-state index < -0.39 is 0 Å². The van der Waals surface area contributed by atoms with Crippen LogP contribution in [0.1, 0.15) is 45.4 Å². The van der Waals surface area contributed by atoms with Crippen LogP contribution in [-0.2, 0) is 4.79 Å². The SMILES string of the molecule is CCOc1ccccc1NC(=O)N1CCCC2(CCC(=O)N(C3CC3)C2)C1. The van der Waals surface area contributed by atoms with Gasteiger partial charge in [-0.25, -0.2) is 4.79 Å². The minimum Gasteiger partial charge on any atom is -0.492 e. The van der Waals surface area contributed by atoms with Gasteiger partial charge in [-0.05, 0) is 51.2 Å². The number of para-hydroxylation sites is 2. The maximum atomic E-state index is 12.9. The summed E-state index contributed by atoms with van der Waals surface area (Å²) in [4.78, 5) is 29.2. The number of ether oxygens (including phenoxy) is 1. The third-order valence-electron chi connectivity index (χ3n) is 6.06. The van der Waals surface area contributed by atoms with Crippen LogP contribution in [0, 0.1) is 5.41 Å². The number of amides is 3. The van der Waals surface area contributed by atoms with Crippen LogP contribution in [0.4, 0.5) is 10.5 Å². The number of anilines is 1. The molecule has 6 heteroatoms. The number of benzene rings is 1. The van der Waals surface area contributed by atoms with Gasteiger partial charge in [-0.1, -0.05) is 12.1 Å². The maximum absolute atomic E-state index is 12.9. The molecule has 0 bridgehead atoms. The van der Waals surface area contributed by atoms with Gasteiger partial charge in [0.2, 0.25) is 5.91 Å². The van der Waals surface area contributed by atoms with Gasteiger partial charge in [0.15, 0.2) is 0 Å². The third kappa shape index (κ3) is 3.89. The van der Waals surface area contributed by atoms with Gasteiger partial charge in [0.1, 0.15) is 5.75 Å². The van der Waals surface area contributed by atoms with Crippen LogP contribution in [0.2, 0.25) is 0 Å². The predicted octanol–water partition coefficient (Wildman–Crippen LogP) is 3.48. The number of piperidine rings is 2. The van der Waals surface area contributed by atoms with Crippen molar-refractivity contribution < 1.29 is 14.3 Å². The van der Waals surface area contributed by atoms with Crippen LogP contribution >= 0.6 is 0 Å². The molecule has 1 unspecified atom stereocenters. The fraction of sp³-hybridized carbons (Fsp3) is 0.619. The van der Waals surface area contributed by atoms with E-state index in [4.69, 9.17) is 4.74 Å². The number of hydrogen-bond acceptors (Lipinski definition) is 3. The summed E-state index contributed by atoms with van der Waals surface area (Å²) in [5, 5.41) is 3.02. The second-order valence-electron chi connectivity index (χ2n) is 8.14. The number of hydrogen-bond donors (Lipinski definition) is 1. The highest BCUT2D eigenvalue weighted by Crippen LogP contribution is 2.42. The minimum absolute atomic E-state index is 0.0610. The first-order valence-corrected chi connectivity index (χ1v) is 10.2. The highest BCUT2D eigenvalue weighted by atomic mass is 16.5. The monoisotopic (exact) mass is 371 g/mol. The van der Waals surface area contributed by atoms with Gasteiger partial charge in [-0.3, -0.25) is 4.79 Å². The Balaban J connectivity index is 1.43. The molecule has 1 saturated carbocycles. The predicted molar refractivity (Wildman–Crippen MR) is 104 cm³/mol. The lowest BCUT2D eigenvalue weighted by molar-refractivity contribution is -0.139. The zero-order chi connectivity index (χ0) is 18.9. The number of rotatable bonds is 4. The lowest BCUT2D eigenvalue weighted by Gasteiger charge is -2.48. The van der Waals surface area contributed by atoms with Crippen LogP contribution in [-0.4, -0.2) is 54.0 Å². The van der Waals surface area contributed by atoms with Crippen molar-refractivity contribution in [2.45, 2.75) is 51.5 Å². The molecule has 0 radical (unpaired) electrons. The van der Waals surface area contributed by atoms with Gasteiger partial charge in [-0.15, -0.1) is 0 Å². The van der Waals surface area contributed by atoms with E-state index in [-0.39, 0.29) is 11.4 Å². The number of urea groups is 1. The summed E-state index contributed by atoms with van der Waals surface area (Å²) in [6.07, 6.45) is 5.89. The lowest BCUT2D eigenvalue weighted by atomic mass is 9.73. The van der Waals surface area contributed by atoms with Crippen molar-refractivity contribution in [3.8, 4) is 5.75 Å².